The van der Waals surface area contributed by atoms with E-state index in [4.69, 9.17) is 9.47 Å². The SMILES string of the molecule is CC(C)(C)OC(=O)N1C[C@H](O)[C@@H](N(Cc2ccccc2)C(=O)OCc2ccccc2)C1. The maximum atomic E-state index is 13.0. The smallest absolute Gasteiger partial charge is 0.410 e. The number of benzene rings is 2. The van der Waals surface area contributed by atoms with Crippen LogP contribution in [-0.4, -0.2) is 57.9 Å². The molecule has 2 aromatic carbocycles. The van der Waals surface area contributed by atoms with Crippen LogP contribution in [0.2, 0.25) is 0 Å². The van der Waals surface area contributed by atoms with E-state index in [-0.39, 0.29) is 26.2 Å². The zero-order valence-electron chi connectivity index (χ0n) is 18.2. The molecule has 0 aromatic heterocycles. The average molecular weight is 427 g/mol. The Labute approximate surface area is 183 Å². The van der Waals surface area contributed by atoms with Crippen LogP contribution in [-0.2, 0) is 22.6 Å². The second-order valence-corrected chi connectivity index (χ2v) is 8.67. The molecular weight excluding hydrogens is 396 g/mol. The van der Waals surface area contributed by atoms with Gasteiger partial charge in [0.1, 0.15) is 12.2 Å². The van der Waals surface area contributed by atoms with Gasteiger partial charge in [0.2, 0.25) is 0 Å². The summed E-state index contributed by atoms with van der Waals surface area (Å²) in [7, 11) is 0. The molecule has 1 aliphatic rings. The summed E-state index contributed by atoms with van der Waals surface area (Å²) in [6, 6.07) is 18.3. The molecule has 0 aliphatic carbocycles. The Bertz CT molecular complexity index is 867. The largest absolute Gasteiger partial charge is 0.445 e. The van der Waals surface area contributed by atoms with E-state index in [2.05, 4.69) is 0 Å². The average Bonchev–Trinajstić information content (AvgIpc) is 3.12. The number of likely N-dealkylation sites (tertiary alicyclic amines) is 1. The highest BCUT2D eigenvalue weighted by atomic mass is 16.6. The Kier molecular flexibility index (Phi) is 7.17. The minimum absolute atomic E-state index is 0.0941. The van der Waals surface area contributed by atoms with Gasteiger partial charge in [-0.3, -0.25) is 4.90 Å². The van der Waals surface area contributed by atoms with Gasteiger partial charge >= 0.3 is 12.2 Å². The Morgan fingerprint density at radius 1 is 1.00 bits per heavy atom. The van der Waals surface area contributed by atoms with Crippen molar-refractivity contribution in [1.29, 1.82) is 0 Å². The number of amides is 2. The first-order valence-corrected chi connectivity index (χ1v) is 10.4. The summed E-state index contributed by atoms with van der Waals surface area (Å²) < 4.78 is 11.0. The van der Waals surface area contributed by atoms with Crippen LogP contribution < -0.4 is 0 Å². The van der Waals surface area contributed by atoms with Crippen molar-refractivity contribution in [3.8, 4) is 0 Å². The fraction of sp³-hybridized carbons (Fsp3) is 0.417. The van der Waals surface area contributed by atoms with Crippen molar-refractivity contribution < 1.29 is 24.2 Å². The van der Waals surface area contributed by atoms with Gasteiger partial charge < -0.3 is 19.5 Å². The molecule has 2 amide bonds. The summed E-state index contributed by atoms with van der Waals surface area (Å²) in [5.41, 5.74) is 1.14. The van der Waals surface area contributed by atoms with E-state index >= 15 is 0 Å². The van der Waals surface area contributed by atoms with Crippen LogP contribution in [0.3, 0.4) is 0 Å². The van der Waals surface area contributed by atoms with Crippen LogP contribution in [0, 0.1) is 0 Å². The minimum atomic E-state index is -0.902. The molecular formula is C24H30N2O5. The van der Waals surface area contributed by atoms with Crippen LogP contribution in [0.1, 0.15) is 31.9 Å². The second kappa shape index (κ2) is 9.83. The topological polar surface area (TPSA) is 79.3 Å². The summed E-state index contributed by atoms with van der Waals surface area (Å²) in [6.07, 6.45) is -1.95. The van der Waals surface area contributed by atoms with Gasteiger partial charge in [-0.15, -0.1) is 0 Å². The van der Waals surface area contributed by atoms with Gasteiger partial charge in [0.15, 0.2) is 0 Å². The molecule has 1 heterocycles. The maximum absolute atomic E-state index is 13.0. The molecule has 166 valence electrons. The molecule has 1 saturated heterocycles. The molecule has 31 heavy (non-hydrogen) atoms. The molecule has 7 heteroatoms. The first-order chi connectivity index (χ1) is 14.7. The van der Waals surface area contributed by atoms with Crippen LogP contribution >= 0.6 is 0 Å². The predicted octanol–water partition coefficient (Wildman–Crippen LogP) is 3.81. The molecule has 3 rings (SSSR count). The number of nitrogens with zero attached hydrogens (tertiary/aromatic N) is 2. The highest BCUT2D eigenvalue weighted by molar-refractivity contribution is 5.71. The number of hydrogen-bond donors (Lipinski definition) is 1. The van der Waals surface area contributed by atoms with E-state index < -0.39 is 29.9 Å². The van der Waals surface area contributed by atoms with E-state index in [1.807, 2.05) is 60.7 Å². The fourth-order valence-electron chi connectivity index (χ4n) is 3.45. The van der Waals surface area contributed by atoms with Gasteiger partial charge in [-0.2, -0.15) is 0 Å². The second-order valence-electron chi connectivity index (χ2n) is 8.67. The van der Waals surface area contributed by atoms with Gasteiger partial charge in [-0.05, 0) is 31.9 Å². The van der Waals surface area contributed by atoms with E-state index in [0.717, 1.165) is 11.1 Å². The molecule has 7 nitrogen and oxygen atoms in total. The Hall–Kier alpha value is -3.06. The van der Waals surface area contributed by atoms with Crippen molar-refractivity contribution in [2.75, 3.05) is 13.1 Å². The van der Waals surface area contributed by atoms with Crippen LogP contribution in [0.4, 0.5) is 9.59 Å². The summed E-state index contributed by atoms with van der Waals surface area (Å²) in [5.74, 6) is 0. The number of hydrogen-bond acceptors (Lipinski definition) is 5. The Balaban J connectivity index is 1.73. The van der Waals surface area contributed by atoms with Crippen LogP contribution in [0.5, 0.6) is 0 Å². The first-order valence-electron chi connectivity index (χ1n) is 10.4. The zero-order chi connectivity index (χ0) is 22.4. The van der Waals surface area contributed by atoms with Gasteiger partial charge in [-0.25, -0.2) is 9.59 Å². The van der Waals surface area contributed by atoms with Crippen LogP contribution in [0.15, 0.2) is 60.7 Å². The van der Waals surface area contributed by atoms with Crippen molar-refractivity contribution in [3.63, 3.8) is 0 Å². The number of carbonyl (C=O) groups excluding carboxylic acids is 2. The quantitative estimate of drug-likeness (QED) is 0.787. The Morgan fingerprint density at radius 2 is 1.58 bits per heavy atom. The summed E-state index contributed by atoms with van der Waals surface area (Å²) >= 11 is 0. The number of aliphatic hydroxyl groups is 1. The third kappa shape index (κ3) is 6.46. The van der Waals surface area contributed by atoms with Crippen LogP contribution in [0.25, 0.3) is 0 Å². The molecule has 0 unspecified atom stereocenters. The monoisotopic (exact) mass is 426 g/mol. The molecule has 1 fully saturated rings. The van der Waals surface area contributed by atoms with Crippen molar-refractivity contribution in [1.82, 2.24) is 9.80 Å². The van der Waals surface area contributed by atoms with Crippen molar-refractivity contribution in [3.05, 3.63) is 71.8 Å². The fourth-order valence-corrected chi connectivity index (χ4v) is 3.45. The lowest BCUT2D eigenvalue weighted by atomic mass is 10.1. The van der Waals surface area contributed by atoms with Crippen molar-refractivity contribution in [2.45, 2.75) is 51.7 Å². The highest BCUT2D eigenvalue weighted by Gasteiger charge is 2.41. The number of ether oxygens (including phenoxy) is 2. The van der Waals surface area contributed by atoms with Gasteiger partial charge in [-0.1, -0.05) is 60.7 Å². The minimum Gasteiger partial charge on any atom is -0.445 e. The van der Waals surface area contributed by atoms with Gasteiger partial charge in [0.05, 0.1) is 18.7 Å². The molecule has 1 aliphatic heterocycles. The first kappa shape index (κ1) is 22.6. The molecule has 1 N–H and O–H groups in total. The zero-order valence-corrected chi connectivity index (χ0v) is 18.2. The summed E-state index contributed by atoms with van der Waals surface area (Å²) in [5, 5.41) is 10.7. The third-order valence-electron chi connectivity index (χ3n) is 4.95. The molecule has 0 radical (unpaired) electrons. The lowest BCUT2D eigenvalue weighted by Crippen LogP contribution is -2.47. The molecule has 2 atom stereocenters. The number of rotatable bonds is 5. The summed E-state index contributed by atoms with van der Waals surface area (Å²) in [4.78, 5) is 28.4. The van der Waals surface area contributed by atoms with Gasteiger partial charge in [0, 0.05) is 13.1 Å². The normalized spacial score (nSPS) is 18.5. The number of aliphatic hydroxyl groups excluding tert-OH is 1. The molecule has 0 bridgehead atoms. The highest BCUT2D eigenvalue weighted by Crippen LogP contribution is 2.22. The van der Waals surface area contributed by atoms with Crippen molar-refractivity contribution in [2.24, 2.45) is 0 Å². The lowest BCUT2D eigenvalue weighted by Gasteiger charge is -2.30. The Morgan fingerprint density at radius 3 is 2.16 bits per heavy atom. The standard InChI is InChI=1S/C24H30N2O5/c1-24(2,3)31-22(28)25-15-20(21(27)16-25)26(14-18-10-6-4-7-11-18)23(29)30-17-19-12-8-5-9-13-19/h4-13,20-21,27H,14-17H2,1-3H3/t20-,21-/m0/s1. The molecule has 2 aromatic rings. The maximum Gasteiger partial charge on any atom is 0.410 e. The van der Waals surface area contributed by atoms with E-state index in [0.29, 0.717) is 0 Å². The number of carbonyl (C=O) groups is 2. The third-order valence-corrected chi connectivity index (χ3v) is 4.95. The lowest BCUT2D eigenvalue weighted by molar-refractivity contribution is 0.0267. The van der Waals surface area contributed by atoms with Gasteiger partial charge in [0.25, 0.3) is 0 Å². The number of β-amino-alcohol motifs (C(OH)–C–C–N with tert-alkyl or cyclic N) is 1. The summed E-state index contributed by atoms with van der Waals surface area (Å²) in [6.45, 7) is 6.02. The van der Waals surface area contributed by atoms with E-state index in [9.17, 15) is 14.7 Å². The van der Waals surface area contributed by atoms with E-state index in [1.54, 1.807) is 20.8 Å². The molecule has 0 spiro atoms. The predicted molar refractivity (Wildman–Crippen MR) is 116 cm³/mol. The van der Waals surface area contributed by atoms with E-state index in [1.165, 1.54) is 9.80 Å². The molecule has 0 saturated carbocycles. The van der Waals surface area contributed by atoms with Crippen molar-refractivity contribution >= 4 is 12.2 Å².